The van der Waals surface area contributed by atoms with Gasteiger partial charge in [0, 0.05) is 31.1 Å². The molecule has 3 aromatic rings. The number of para-hydroxylation sites is 2. The summed E-state index contributed by atoms with van der Waals surface area (Å²) in [5.74, 6) is 0.431. The average Bonchev–Trinajstić information content (AvgIpc) is 3.46. The molecule has 1 aromatic heterocycles. The van der Waals surface area contributed by atoms with Gasteiger partial charge in [0.15, 0.2) is 0 Å². The van der Waals surface area contributed by atoms with Gasteiger partial charge in [0.25, 0.3) is 5.91 Å². The molecule has 0 saturated carbocycles. The first-order valence-corrected chi connectivity index (χ1v) is 11.4. The van der Waals surface area contributed by atoms with Crippen LogP contribution in [0.3, 0.4) is 0 Å². The van der Waals surface area contributed by atoms with E-state index in [9.17, 15) is 9.59 Å². The van der Waals surface area contributed by atoms with Gasteiger partial charge < -0.3 is 14.8 Å². The normalized spacial score (nSPS) is 13.7. The molecule has 0 unspecified atom stereocenters. The van der Waals surface area contributed by atoms with E-state index in [0.29, 0.717) is 17.9 Å². The number of imidazole rings is 1. The minimum Gasteiger partial charge on any atom is -0.352 e. The van der Waals surface area contributed by atoms with Gasteiger partial charge in [-0.1, -0.05) is 24.3 Å². The minimum atomic E-state index is -0.0952. The van der Waals surface area contributed by atoms with Crippen LogP contribution in [0.15, 0.2) is 59.8 Å². The Morgan fingerprint density at radius 3 is 2.67 bits per heavy atom. The molecule has 156 valence electrons. The van der Waals surface area contributed by atoms with Crippen molar-refractivity contribution in [2.24, 2.45) is 0 Å². The highest BCUT2D eigenvalue weighted by Crippen LogP contribution is 2.24. The van der Waals surface area contributed by atoms with Crippen molar-refractivity contribution in [3.63, 3.8) is 0 Å². The smallest absolute Gasteiger partial charge is 0.252 e. The van der Waals surface area contributed by atoms with Crippen LogP contribution in [0.2, 0.25) is 0 Å². The molecule has 0 spiro atoms. The van der Waals surface area contributed by atoms with Gasteiger partial charge >= 0.3 is 0 Å². The zero-order valence-electron chi connectivity index (χ0n) is 16.9. The molecule has 0 atom stereocenters. The Morgan fingerprint density at radius 2 is 1.80 bits per heavy atom. The van der Waals surface area contributed by atoms with E-state index in [1.807, 2.05) is 53.7 Å². The van der Waals surface area contributed by atoms with Gasteiger partial charge in [-0.2, -0.15) is 0 Å². The highest BCUT2D eigenvalue weighted by molar-refractivity contribution is 8.00. The Balaban J connectivity index is 1.28. The summed E-state index contributed by atoms with van der Waals surface area (Å²) in [7, 11) is 0. The molecule has 1 fully saturated rings. The summed E-state index contributed by atoms with van der Waals surface area (Å²) < 4.78 is 2.11. The Hall–Kier alpha value is -2.80. The van der Waals surface area contributed by atoms with Crippen molar-refractivity contribution in [1.29, 1.82) is 0 Å². The van der Waals surface area contributed by atoms with Crippen molar-refractivity contribution >= 4 is 34.6 Å². The Kier molecular flexibility index (Phi) is 6.69. The number of aromatic nitrogens is 2. The van der Waals surface area contributed by atoms with Gasteiger partial charge in [0.05, 0.1) is 28.7 Å². The van der Waals surface area contributed by atoms with Crippen molar-refractivity contribution in [2.45, 2.75) is 30.7 Å². The Morgan fingerprint density at radius 1 is 1.03 bits per heavy atom. The lowest BCUT2D eigenvalue weighted by Gasteiger charge is -2.15. The molecule has 2 aromatic carbocycles. The van der Waals surface area contributed by atoms with E-state index in [1.54, 1.807) is 0 Å². The summed E-state index contributed by atoms with van der Waals surface area (Å²) >= 11 is 1.44. The van der Waals surface area contributed by atoms with Crippen LogP contribution in [0.1, 0.15) is 29.6 Å². The van der Waals surface area contributed by atoms with Crippen molar-refractivity contribution in [3.8, 4) is 0 Å². The van der Waals surface area contributed by atoms with Crippen LogP contribution in [-0.2, 0) is 11.3 Å². The van der Waals surface area contributed by atoms with Gasteiger partial charge in [-0.25, -0.2) is 4.98 Å². The zero-order chi connectivity index (χ0) is 20.8. The summed E-state index contributed by atoms with van der Waals surface area (Å²) in [6, 6.07) is 15.5. The molecule has 1 aliphatic heterocycles. The SMILES string of the molecule is O=C(NCCCn1cnc2ccccc21)c1ccccc1SCC(=O)N1CCCC1. The fourth-order valence-corrected chi connectivity index (χ4v) is 4.67. The number of nitrogens with zero attached hydrogens (tertiary/aromatic N) is 3. The van der Waals surface area contributed by atoms with E-state index in [1.165, 1.54) is 11.8 Å². The zero-order valence-corrected chi connectivity index (χ0v) is 17.7. The molecule has 30 heavy (non-hydrogen) atoms. The standard InChI is InChI=1S/C23H26N4O2S/c28-22(26-13-5-6-14-26)16-30-21-11-4-1-8-18(21)23(29)24-12-7-15-27-17-25-19-9-2-3-10-20(19)27/h1-4,8-11,17H,5-7,12-16H2,(H,24,29). The predicted molar refractivity (Wildman–Crippen MR) is 120 cm³/mol. The number of aryl methyl sites for hydroxylation is 1. The highest BCUT2D eigenvalue weighted by Gasteiger charge is 2.19. The maximum absolute atomic E-state index is 12.7. The number of hydrogen-bond acceptors (Lipinski definition) is 4. The Bertz CT molecular complexity index is 1030. The molecule has 7 heteroatoms. The van der Waals surface area contributed by atoms with Crippen LogP contribution in [-0.4, -0.2) is 51.7 Å². The maximum atomic E-state index is 12.7. The minimum absolute atomic E-state index is 0.0952. The quantitative estimate of drug-likeness (QED) is 0.445. The first-order chi connectivity index (χ1) is 14.7. The second kappa shape index (κ2) is 9.80. The first-order valence-electron chi connectivity index (χ1n) is 10.4. The highest BCUT2D eigenvalue weighted by atomic mass is 32.2. The van der Waals surface area contributed by atoms with Crippen molar-refractivity contribution in [3.05, 3.63) is 60.4 Å². The van der Waals surface area contributed by atoms with Crippen LogP contribution < -0.4 is 5.32 Å². The maximum Gasteiger partial charge on any atom is 0.252 e. The van der Waals surface area contributed by atoms with E-state index < -0.39 is 0 Å². The number of rotatable bonds is 8. The number of thioether (sulfide) groups is 1. The summed E-state index contributed by atoms with van der Waals surface area (Å²) in [5, 5.41) is 3.01. The van der Waals surface area contributed by atoms with Gasteiger partial charge in [-0.15, -0.1) is 11.8 Å². The van der Waals surface area contributed by atoms with Crippen LogP contribution >= 0.6 is 11.8 Å². The van der Waals surface area contributed by atoms with E-state index >= 15 is 0 Å². The van der Waals surface area contributed by atoms with E-state index in [2.05, 4.69) is 20.9 Å². The fraction of sp³-hybridized carbons (Fsp3) is 0.348. The second-order valence-electron chi connectivity index (χ2n) is 7.41. The molecule has 4 rings (SSSR count). The number of benzene rings is 2. The van der Waals surface area contributed by atoms with Crippen LogP contribution in [0, 0.1) is 0 Å². The van der Waals surface area contributed by atoms with E-state index in [0.717, 1.165) is 54.8 Å². The second-order valence-corrected chi connectivity index (χ2v) is 8.43. The van der Waals surface area contributed by atoms with Gasteiger partial charge in [0.1, 0.15) is 0 Å². The van der Waals surface area contributed by atoms with Gasteiger partial charge in [-0.3, -0.25) is 9.59 Å². The molecule has 0 aliphatic carbocycles. The van der Waals surface area contributed by atoms with Gasteiger partial charge in [-0.05, 0) is 43.5 Å². The van der Waals surface area contributed by atoms with Crippen LogP contribution in [0.5, 0.6) is 0 Å². The lowest BCUT2D eigenvalue weighted by atomic mass is 10.2. The molecule has 0 radical (unpaired) electrons. The molecule has 2 amide bonds. The Labute approximate surface area is 180 Å². The average molecular weight is 423 g/mol. The lowest BCUT2D eigenvalue weighted by Crippen LogP contribution is -2.29. The first kappa shape index (κ1) is 20.5. The molecule has 2 heterocycles. The predicted octanol–water partition coefficient (Wildman–Crippen LogP) is 3.57. The fourth-order valence-electron chi connectivity index (χ4n) is 3.71. The number of nitrogens with one attached hydrogen (secondary N) is 1. The van der Waals surface area contributed by atoms with Crippen LogP contribution in [0.4, 0.5) is 0 Å². The molecule has 1 aliphatic rings. The molecular weight excluding hydrogens is 396 g/mol. The lowest BCUT2D eigenvalue weighted by molar-refractivity contribution is -0.127. The summed E-state index contributed by atoms with van der Waals surface area (Å²) in [6.45, 7) is 3.08. The van der Waals surface area contributed by atoms with Gasteiger partial charge in [0.2, 0.25) is 5.91 Å². The monoisotopic (exact) mass is 422 g/mol. The van der Waals surface area contributed by atoms with Crippen molar-refractivity contribution < 1.29 is 9.59 Å². The molecular formula is C23H26N4O2S. The molecule has 1 N–H and O–H groups in total. The summed E-state index contributed by atoms with van der Waals surface area (Å²) in [6.07, 6.45) is 4.83. The number of fused-ring (bicyclic) bond motifs is 1. The number of amides is 2. The van der Waals surface area contributed by atoms with Crippen molar-refractivity contribution in [2.75, 3.05) is 25.4 Å². The largest absolute Gasteiger partial charge is 0.352 e. The van der Waals surface area contributed by atoms with E-state index in [-0.39, 0.29) is 11.8 Å². The number of carbonyl (C=O) groups is 2. The van der Waals surface area contributed by atoms with Crippen molar-refractivity contribution in [1.82, 2.24) is 19.8 Å². The number of carbonyl (C=O) groups excluding carboxylic acids is 2. The summed E-state index contributed by atoms with van der Waals surface area (Å²) in [5.41, 5.74) is 2.72. The molecule has 0 bridgehead atoms. The van der Waals surface area contributed by atoms with Crippen LogP contribution in [0.25, 0.3) is 11.0 Å². The topological polar surface area (TPSA) is 67.2 Å². The number of hydrogen-bond donors (Lipinski definition) is 1. The van der Waals surface area contributed by atoms with E-state index in [4.69, 9.17) is 0 Å². The molecule has 6 nitrogen and oxygen atoms in total. The third-order valence-electron chi connectivity index (χ3n) is 5.33. The third-order valence-corrected chi connectivity index (χ3v) is 6.39. The summed E-state index contributed by atoms with van der Waals surface area (Å²) in [4.78, 5) is 32.2. The molecule has 1 saturated heterocycles. The number of likely N-dealkylation sites (tertiary alicyclic amines) is 1. The third kappa shape index (κ3) is 4.84.